The summed E-state index contributed by atoms with van der Waals surface area (Å²) in [6, 6.07) is 12.8. The molecule has 2 N–H and O–H groups in total. The first kappa shape index (κ1) is 18.9. The van der Waals surface area contributed by atoms with Crippen LogP contribution in [-0.2, 0) is 6.42 Å². The zero-order valence-electron chi connectivity index (χ0n) is 14.6. The lowest BCUT2D eigenvalue weighted by molar-refractivity contribution is 0.238. The minimum absolute atomic E-state index is 0.0988. The third kappa shape index (κ3) is 5.57. The number of ether oxygens (including phenoxy) is 2. The van der Waals surface area contributed by atoms with Gasteiger partial charge >= 0.3 is 6.03 Å². The van der Waals surface area contributed by atoms with Crippen LogP contribution in [0, 0.1) is 0 Å². The standard InChI is InChI=1S/C19H23ClN2O3/c1-13(15-5-7-16(20)8-6-15)22-19(23)21-11-10-14-4-9-17(24-2)18(12-14)25-3/h4-9,12-13H,10-11H2,1-3H3,(H2,21,22,23). The van der Waals surface area contributed by atoms with Crippen molar-refractivity contribution < 1.29 is 14.3 Å². The number of methoxy groups -OCH3 is 2. The maximum atomic E-state index is 12.0. The highest BCUT2D eigenvalue weighted by atomic mass is 35.5. The van der Waals surface area contributed by atoms with Crippen molar-refractivity contribution in [2.24, 2.45) is 0 Å². The Morgan fingerprint density at radius 2 is 1.76 bits per heavy atom. The van der Waals surface area contributed by atoms with E-state index < -0.39 is 0 Å². The van der Waals surface area contributed by atoms with Crippen LogP contribution >= 0.6 is 11.6 Å². The highest BCUT2D eigenvalue weighted by Crippen LogP contribution is 2.27. The Morgan fingerprint density at radius 3 is 2.40 bits per heavy atom. The van der Waals surface area contributed by atoms with E-state index in [2.05, 4.69) is 10.6 Å². The second-order valence-corrected chi connectivity index (χ2v) is 6.05. The van der Waals surface area contributed by atoms with Crippen molar-refractivity contribution in [1.29, 1.82) is 0 Å². The van der Waals surface area contributed by atoms with Gasteiger partial charge in [-0.25, -0.2) is 4.79 Å². The largest absolute Gasteiger partial charge is 0.493 e. The molecule has 0 spiro atoms. The van der Waals surface area contributed by atoms with Crippen LogP contribution in [0.25, 0.3) is 0 Å². The Morgan fingerprint density at radius 1 is 1.08 bits per heavy atom. The van der Waals surface area contributed by atoms with Crippen LogP contribution in [0.2, 0.25) is 5.02 Å². The van der Waals surface area contributed by atoms with E-state index in [1.807, 2.05) is 49.4 Å². The summed E-state index contributed by atoms with van der Waals surface area (Å²) in [6.07, 6.45) is 0.698. The molecule has 1 unspecified atom stereocenters. The van der Waals surface area contributed by atoms with Crippen LogP contribution < -0.4 is 20.1 Å². The van der Waals surface area contributed by atoms with Gasteiger partial charge in [0.1, 0.15) is 0 Å². The summed E-state index contributed by atoms with van der Waals surface area (Å²) >= 11 is 5.87. The molecule has 134 valence electrons. The third-order valence-corrected chi connectivity index (χ3v) is 4.12. The lowest BCUT2D eigenvalue weighted by Gasteiger charge is -2.15. The Hall–Kier alpha value is -2.40. The fraction of sp³-hybridized carbons (Fsp3) is 0.316. The fourth-order valence-corrected chi connectivity index (χ4v) is 2.56. The number of halogens is 1. The molecule has 0 fully saturated rings. The van der Waals surface area contributed by atoms with Gasteiger partial charge in [-0.15, -0.1) is 0 Å². The van der Waals surface area contributed by atoms with Gasteiger partial charge in [-0.3, -0.25) is 0 Å². The minimum Gasteiger partial charge on any atom is -0.493 e. The zero-order chi connectivity index (χ0) is 18.2. The molecule has 0 bridgehead atoms. The minimum atomic E-state index is -0.206. The van der Waals surface area contributed by atoms with Crippen molar-refractivity contribution in [2.75, 3.05) is 20.8 Å². The Kier molecular flexibility index (Phi) is 6.95. The summed E-state index contributed by atoms with van der Waals surface area (Å²) in [5, 5.41) is 6.44. The van der Waals surface area contributed by atoms with Crippen molar-refractivity contribution in [1.82, 2.24) is 10.6 Å². The van der Waals surface area contributed by atoms with E-state index in [1.165, 1.54) is 0 Å². The van der Waals surface area contributed by atoms with E-state index in [9.17, 15) is 4.79 Å². The Bertz CT molecular complexity index is 704. The molecule has 1 atom stereocenters. The highest BCUT2D eigenvalue weighted by Gasteiger charge is 2.09. The maximum absolute atomic E-state index is 12.0. The molecule has 2 amide bonds. The topological polar surface area (TPSA) is 59.6 Å². The first-order valence-corrected chi connectivity index (χ1v) is 8.42. The molecule has 25 heavy (non-hydrogen) atoms. The number of benzene rings is 2. The quantitative estimate of drug-likeness (QED) is 0.783. The molecule has 0 heterocycles. The van der Waals surface area contributed by atoms with Crippen LogP contribution in [0.15, 0.2) is 42.5 Å². The molecule has 0 saturated carbocycles. The summed E-state index contributed by atoms with van der Waals surface area (Å²) in [4.78, 5) is 12.0. The number of urea groups is 1. The normalized spacial score (nSPS) is 11.5. The van der Waals surface area contributed by atoms with Crippen molar-refractivity contribution in [2.45, 2.75) is 19.4 Å². The number of rotatable bonds is 7. The SMILES string of the molecule is COc1ccc(CCNC(=O)NC(C)c2ccc(Cl)cc2)cc1OC. The van der Waals surface area contributed by atoms with E-state index in [-0.39, 0.29) is 12.1 Å². The first-order valence-electron chi connectivity index (χ1n) is 8.04. The van der Waals surface area contributed by atoms with Gasteiger partial charge in [0.05, 0.1) is 20.3 Å². The Labute approximate surface area is 153 Å². The Balaban J connectivity index is 1.81. The molecular weight excluding hydrogens is 340 g/mol. The van der Waals surface area contributed by atoms with Gasteiger partial charge in [-0.2, -0.15) is 0 Å². The van der Waals surface area contributed by atoms with E-state index in [0.29, 0.717) is 29.5 Å². The number of hydrogen-bond acceptors (Lipinski definition) is 3. The van der Waals surface area contributed by atoms with Crippen LogP contribution in [0.3, 0.4) is 0 Å². The van der Waals surface area contributed by atoms with E-state index in [0.717, 1.165) is 11.1 Å². The zero-order valence-corrected chi connectivity index (χ0v) is 15.4. The van der Waals surface area contributed by atoms with Crippen LogP contribution in [0.4, 0.5) is 4.79 Å². The van der Waals surface area contributed by atoms with E-state index >= 15 is 0 Å². The van der Waals surface area contributed by atoms with Gasteiger partial charge in [0.15, 0.2) is 11.5 Å². The number of amides is 2. The lowest BCUT2D eigenvalue weighted by atomic mass is 10.1. The molecular formula is C19H23ClN2O3. The molecule has 0 saturated heterocycles. The van der Waals surface area contributed by atoms with Gasteiger partial charge in [-0.05, 0) is 48.7 Å². The summed E-state index contributed by atoms with van der Waals surface area (Å²) in [6.45, 7) is 2.45. The monoisotopic (exact) mass is 362 g/mol. The van der Waals surface area contributed by atoms with Crippen LogP contribution in [-0.4, -0.2) is 26.8 Å². The van der Waals surface area contributed by atoms with Crippen molar-refractivity contribution in [3.8, 4) is 11.5 Å². The molecule has 6 heteroatoms. The van der Waals surface area contributed by atoms with Crippen LogP contribution in [0.1, 0.15) is 24.1 Å². The van der Waals surface area contributed by atoms with E-state index in [1.54, 1.807) is 14.2 Å². The lowest BCUT2D eigenvalue weighted by Crippen LogP contribution is -2.38. The van der Waals surface area contributed by atoms with E-state index in [4.69, 9.17) is 21.1 Å². The number of carbonyl (C=O) groups is 1. The summed E-state index contributed by atoms with van der Waals surface area (Å²) in [5.74, 6) is 1.37. The average Bonchev–Trinajstić information content (AvgIpc) is 2.62. The second kappa shape index (κ2) is 9.18. The maximum Gasteiger partial charge on any atom is 0.315 e. The summed E-state index contributed by atoms with van der Waals surface area (Å²) in [5.41, 5.74) is 2.06. The molecule has 2 rings (SSSR count). The third-order valence-electron chi connectivity index (χ3n) is 3.86. The van der Waals surface area contributed by atoms with Crippen molar-refractivity contribution >= 4 is 17.6 Å². The molecule has 0 aliphatic rings. The number of hydrogen-bond donors (Lipinski definition) is 2. The van der Waals surface area contributed by atoms with Gasteiger partial charge in [0.25, 0.3) is 0 Å². The predicted octanol–water partition coefficient (Wildman–Crippen LogP) is 3.96. The average molecular weight is 363 g/mol. The van der Waals surface area contributed by atoms with Gasteiger partial charge in [0.2, 0.25) is 0 Å². The number of carbonyl (C=O) groups excluding carboxylic acids is 1. The first-order chi connectivity index (χ1) is 12.0. The molecule has 2 aromatic carbocycles. The number of nitrogens with one attached hydrogen (secondary N) is 2. The molecule has 0 radical (unpaired) electrons. The van der Waals surface area contributed by atoms with Gasteiger partial charge in [-0.1, -0.05) is 29.8 Å². The molecule has 2 aromatic rings. The van der Waals surface area contributed by atoms with Gasteiger partial charge in [0, 0.05) is 11.6 Å². The molecule has 5 nitrogen and oxygen atoms in total. The van der Waals surface area contributed by atoms with Crippen molar-refractivity contribution in [3.63, 3.8) is 0 Å². The van der Waals surface area contributed by atoms with Crippen molar-refractivity contribution in [3.05, 3.63) is 58.6 Å². The highest BCUT2D eigenvalue weighted by molar-refractivity contribution is 6.30. The summed E-state index contributed by atoms with van der Waals surface area (Å²) < 4.78 is 10.5. The molecule has 0 aromatic heterocycles. The van der Waals surface area contributed by atoms with Gasteiger partial charge < -0.3 is 20.1 Å². The summed E-state index contributed by atoms with van der Waals surface area (Å²) in [7, 11) is 3.21. The predicted molar refractivity (Wildman–Crippen MR) is 99.7 cm³/mol. The molecule has 0 aliphatic heterocycles. The van der Waals surface area contributed by atoms with Crippen LogP contribution in [0.5, 0.6) is 11.5 Å². The second-order valence-electron chi connectivity index (χ2n) is 5.61. The fourth-order valence-electron chi connectivity index (χ4n) is 2.44. The molecule has 0 aliphatic carbocycles. The smallest absolute Gasteiger partial charge is 0.315 e.